The van der Waals surface area contributed by atoms with Crippen LogP contribution in [-0.4, -0.2) is 30.1 Å². The Morgan fingerprint density at radius 2 is 2.30 bits per heavy atom. The normalized spacial score (nSPS) is 21.7. The molecular formula is C15H22N2O2S. The molecule has 0 bridgehead atoms. The van der Waals surface area contributed by atoms with Gasteiger partial charge in [0.2, 0.25) is 0 Å². The van der Waals surface area contributed by atoms with Crippen molar-refractivity contribution in [3.05, 3.63) is 23.8 Å². The predicted octanol–water partition coefficient (Wildman–Crippen LogP) is 2.68. The maximum atomic E-state index is 12.3. The van der Waals surface area contributed by atoms with E-state index in [2.05, 4.69) is 12.2 Å². The number of anilines is 1. The maximum absolute atomic E-state index is 12.3. The molecule has 2 unspecified atom stereocenters. The molecule has 0 aromatic heterocycles. The van der Waals surface area contributed by atoms with Crippen LogP contribution in [0.25, 0.3) is 0 Å². The quantitative estimate of drug-likeness (QED) is 0.820. The number of ether oxygens (including phenoxy) is 1. The Kier molecular flexibility index (Phi) is 5.17. The number of hydrogen-bond donors (Lipinski definition) is 2. The molecule has 0 spiro atoms. The number of rotatable bonds is 5. The molecule has 2 rings (SSSR count). The number of nitrogen functional groups attached to an aromatic ring is 1. The summed E-state index contributed by atoms with van der Waals surface area (Å²) in [7, 11) is 1.55. The van der Waals surface area contributed by atoms with Crippen LogP contribution in [0.15, 0.2) is 18.2 Å². The van der Waals surface area contributed by atoms with Gasteiger partial charge < -0.3 is 15.8 Å². The zero-order valence-corrected chi connectivity index (χ0v) is 12.8. The number of thioether (sulfide) groups is 1. The molecule has 1 amide bonds. The van der Waals surface area contributed by atoms with Gasteiger partial charge in [-0.25, -0.2) is 0 Å². The van der Waals surface area contributed by atoms with E-state index in [1.165, 1.54) is 6.42 Å². The number of para-hydroxylation sites is 1. The summed E-state index contributed by atoms with van der Waals surface area (Å²) in [6, 6.07) is 5.54. The van der Waals surface area contributed by atoms with Crippen LogP contribution in [0.3, 0.4) is 0 Å². The number of nitrogens with one attached hydrogen (secondary N) is 1. The lowest BCUT2D eigenvalue weighted by molar-refractivity contribution is 0.0938. The highest BCUT2D eigenvalue weighted by Crippen LogP contribution is 2.30. The summed E-state index contributed by atoms with van der Waals surface area (Å²) < 4.78 is 5.15. The lowest BCUT2D eigenvalue weighted by Crippen LogP contribution is -2.33. The van der Waals surface area contributed by atoms with Crippen molar-refractivity contribution in [2.24, 2.45) is 0 Å². The Labute approximate surface area is 124 Å². The Morgan fingerprint density at radius 3 is 3.00 bits per heavy atom. The van der Waals surface area contributed by atoms with Gasteiger partial charge in [0.25, 0.3) is 5.91 Å². The molecule has 1 fully saturated rings. The van der Waals surface area contributed by atoms with Crippen LogP contribution < -0.4 is 15.8 Å². The van der Waals surface area contributed by atoms with Gasteiger partial charge in [0.15, 0.2) is 0 Å². The van der Waals surface area contributed by atoms with Crippen molar-refractivity contribution in [1.82, 2.24) is 5.32 Å². The van der Waals surface area contributed by atoms with E-state index >= 15 is 0 Å². The summed E-state index contributed by atoms with van der Waals surface area (Å²) in [5.74, 6) is 1.57. The molecule has 0 saturated heterocycles. The van der Waals surface area contributed by atoms with Crippen molar-refractivity contribution >= 4 is 23.4 Å². The Bertz CT molecular complexity index is 479. The van der Waals surface area contributed by atoms with Gasteiger partial charge in [-0.1, -0.05) is 13.0 Å². The second-order valence-electron chi connectivity index (χ2n) is 4.98. The standard InChI is InChI=1S/C15H22N2O2S/c1-3-20-11-8-7-10(9-11)17-15(18)12-5-4-6-13(19-2)14(12)16/h4-6,10-11H,3,7-9,16H2,1-2H3,(H,17,18). The van der Waals surface area contributed by atoms with Gasteiger partial charge in [0.05, 0.1) is 18.4 Å². The van der Waals surface area contributed by atoms with Crippen LogP contribution in [0, 0.1) is 0 Å². The van der Waals surface area contributed by atoms with E-state index in [1.54, 1.807) is 25.3 Å². The van der Waals surface area contributed by atoms with Gasteiger partial charge in [0.1, 0.15) is 5.75 Å². The average molecular weight is 294 g/mol. The molecule has 3 N–H and O–H groups in total. The molecule has 1 aromatic carbocycles. The fourth-order valence-corrected chi connectivity index (χ4v) is 3.78. The van der Waals surface area contributed by atoms with Gasteiger partial charge in [-0.3, -0.25) is 4.79 Å². The van der Waals surface area contributed by atoms with Crippen molar-refractivity contribution in [3.63, 3.8) is 0 Å². The van der Waals surface area contributed by atoms with Crippen LogP contribution in [0.1, 0.15) is 36.5 Å². The van der Waals surface area contributed by atoms with E-state index < -0.39 is 0 Å². The molecule has 0 radical (unpaired) electrons. The van der Waals surface area contributed by atoms with Crippen molar-refractivity contribution in [2.45, 2.75) is 37.5 Å². The van der Waals surface area contributed by atoms with Gasteiger partial charge >= 0.3 is 0 Å². The second kappa shape index (κ2) is 6.88. The smallest absolute Gasteiger partial charge is 0.253 e. The van der Waals surface area contributed by atoms with E-state index in [-0.39, 0.29) is 11.9 Å². The third kappa shape index (κ3) is 3.39. The number of carbonyl (C=O) groups excluding carboxylic acids is 1. The fourth-order valence-electron chi connectivity index (χ4n) is 2.64. The van der Waals surface area contributed by atoms with Gasteiger partial charge in [-0.15, -0.1) is 0 Å². The van der Waals surface area contributed by atoms with Crippen LogP contribution in [-0.2, 0) is 0 Å². The Hall–Kier alpha value is -1.36. The van der Waals surface area contributed by atoms with E-state index in [4.69, 9.17) is 10.5 Å². The fraction of sp³-hybridized carbons (Fsp3) is 0.533. The minimum Gasteiger partial charge on any atom is -0.495 e. The molecule has 2 atom stereocenters. The first-order chi connectivity index (χ1) is 9.65. The molecule has 110 valence electrons. The summed E-state index contributed by atoms with van der Waals surface area (Å²) in [5, 5.41) is 3.76. The molecule has 0 heterocycles. The number of hydrogen-bond acceptors (Lipinski definition) is 4. The molecule has 0 aliphatic heterocycles. The molecule has 1 aliphatic carbocycles. The highest BCUT2D eigenvalue weighted by Gasteiger charge is 2.26. The molecule has 4 nitrogen and oxygen atoms in total. The van der Waals surface area contributed by atoms with Crippen molar-refractivity contribution in [3.8, 4) is 5.75 Å². The highest BCUT2D eigenvalue weighted by atomic mass is 32.2. The zero-order valence-electron chi connectivity index (χ0n) is 12.0. The molecule has 5 heteroatoms. The topological polar surface area (TPSA) is 64.3 Å². The first-order valence-electron chi connectivity index (χ1n) is 7.00. The number of amides is 1. The number of methoxy groups -OCH3 is 1. The summed E-state index contributed by atoms with van der Waals surface area (Å²) in [5.41, 5.74) is 6.86. The van der Waals surface area contributed by atoms with Crippen LogP contribution >= 0.6 is 11.8 Å². The largest absolute Gasteiger partial charge is 0.495 e. The maximum Gasteiger partial charge on any atom is 0.253 e. The number of carbonyl (C=O) groups is 1. The molecule has 20 heavy (non-hydrogen) atoms. The summed E-state index contributed by atoms with van der Waals surface area (Å²) in [6.45, 7) is 2.17. The van der Waals surface area contributed by atoms with Crippen LogP contribution in [0.5, 0.6) is 5.75 Å². The highest BCUT2D eigenvalue weighted by molar-refractivity contribution is 7.99. The zero-order chi connectivity index (χ0) is 14.5. The lowest BCUT2D eigenvalue weighted by atomic mass is 10.1. The monoisotopic (exact) mass is 294 g/mol. The predicted molar refractivity (Wildman–Crippen MR) is 84.4 cm³/mol. The minimum atomic E-state index is -0.103. The summed E-state index contributed by atoms with van der Waals surface area (Å²) >= 11 is 1.98. The van der Waals surface area contributed by atoms with E-state index in [0.717, 1.165) is 18.6 Å². The molecule has 1 aliphatic rings. The van der Waals surface area contributed by atoms with Crippen molar-refractivity contribution in [2.75, 3.05) is 18.6 Å². The van der Waals surface area contributed by atoms with Crippen molar-refractivity contribution in [1.29, 1.82) is 0 Å². The van der Waals surface area contributed by atoms with Crippen LogP contribution in [0.4, 0.5) is 5.69 Å². The lowest BCUT2D eigenvalue weighted by Gasteiger charge is -2.15. The van der Waals surface area contributed by atoms with Crippen molar-refractivity contribution < 1.29 is 9.53 Å². The molecule has 1 aromatic rings. The number of nitrogens with two attached hydrogens (primary N) is 1. The average Bonchev–Trinajstić information content (AvgIpc) is 2.86. The van der Waals surface area contributed by atoms with E-state index in [0.29, 0.717) is 22.3 Å². The van der Waals surface area contributed by atoms with Gasteiger partial charge in [-0.2, -0.15) is 11.8 Å². The first kappa shape index (κ1) is 15.0. The third-order valence-corrected chi connectivity index (χ3v) is 4.89. The molecular weight excluding hydrogens is 272 g/mol. The SMILES string of the molecule is CCSC1CCC(NC(=O)c2cccc(OC)c2N)C1. The second-order valence-corrected chi connectivity index (χ2v) is 6.56. The summed E-state index contributed by atoms with van der Waals surface area (Å²) in [6.07, 6.45) is 3.28. The first-order valence-corrected chi connectivity index (χ1v) is 8.05. The number of benzene rings is 1. The van der Waals surface area contributed by atoms with Gasteiger partial charge in [-0.05, 0) is 37.1 Å². The van der Waals surface area contributed by atoms with E-state index in [9.17, 15) is 4.79 Å². The Morgan fingerprint density at radius 1 is 1.50 bits per heavy atom. The van der Waals surface area contributed by atoms with Crippen LogP contribution in [0.2, 0.25) is 0 Å². The minimum absolute atomic E-state index is 0.103. The summed E-state index contributed by atoms with van der Waals surface area (Å²) in [4.78, 5) is 12.3. The Balaban J connectivity index is 1.99. The van der Waals surface area contributed by atoms with E-state index in [1.807, 2.05) is 11.8 Å². The van der Waals surface area contributed by atoms with Gasteiger partial charge in [0, 0.05) is 11.3 Å². The third-order valence-electron chi connectivity index (χ3n) is 3.65. The molecule has 1 saturated carbocycles.